The van der Waals surface area contributed by atoms with E-state index in [0.717, 1.165) is 16.9 Å². The molecule has 2 nitrogen and oxygen atoms in total. The first kappa shape index (κ1) is 10.7. The highest BCUT2D eigenvalue weighted by molar-refractivity contribution is 5.77. The molecule has 82 valence electrons. The Kier molecular flexibility index (Phi) is 2.65. The van der Waals surface area contributed by atoms with E-state index in [2.05, 4.69) is 37.9 Å². The average molecular weight is 212 g/mol. The predicted molar refractivity (Wildman–Crippen MR) is 68.3 cm³/mol. The monoisotopic (exact) mass is 212 g/mol. The second-order valence-electron chi connectivity index (χ2n) is 4.21. The second-order valence-corrected chi connectivity index (χ2v) is 4.21. The first-order valence-corrected chi connectivity index (χ1v) is 5.38. The lowest BCUT2D eigenvalue weighted by Crippen LogP contribution is -1.97. The lowest BCUT2D eigenvalue weighted by molar-refractivity contribution is 1.26. The standard InChI is InChI=1S/C14H16N2/c1-9-7-10(2)13(11(3)8-9)14-12(15)5-4-6-16-14/h4-8H,15H2,1-3H3. The van der Waals surface area contributed by atoms with E-state index < -0.39 is 0 Å². The van der Waals surface area contributed by atoms with Crippen LogP contribution in [-0.4, -0.2) is 4.98 Å². The fourth-order valence-electron chi connectivity index (χ4n) is 2.18. The Morgan fingerprint density at radius 2 is 1.69 bits per heavy atom. The number of nitrogens with zero attached hydrogens (tertiary/aromatic N) is 1. The van der Waals surface area contributed by atoms with Gasteiger partial charge in [0.15, 0.2) is 0 Å². The van der Waals surface area contributed by atoms with Crippen LogP contribution in [0.1, 0.15) is 16.7 Å². The van der Waals surface area contributed by atoms with E-state index in [9.17, 15) is 0 Å². The zero-order chi connectivity index (χ0) is 11.7. The molecule has 0 atom stereocenters. The summed E-state index contributed by atoms with van der Waals surface area (Å²) in [5, 5.41) is 0. The van der Waals surface area contributed by atoms with Gasteiger partial charge in [0.05, 0.1) is 11.4 Å². The molecule has 2 N–H and O–H groups in total. The van der Waals surface area contributed by atoms with Gasteiger partial charge >= 0.3 is 0 Å². The highest BCUT2D eigenvalue weighted by atomic mass is 14.7. The Bertz CT molecular complexity index is 507. The number of pyridine rings is 1. The minimum atomic E-state index is 0.734. The van der Waals surface area contributed by atoms with Gasteiger partial charge in [-0.25, -0.2) is 0 Å². The van der Waals surface area contributed by atoms with Gasteiger partial charge in [0, 0.05) is 11.8 Å². The van der Waals surface area contributed by atoms with E-state index in [-0.39, 0.29) is 0 Å². The summed E-state index contributed by atoms with van der Waals surface area (Å²) in [4.78, 5) is 4.37. The van der Waals surface area contributed by atoms with Crippen LogP contribution in [0.5, 0.6) is 0 Å². The van der Waals surface area contributed by atoms with Gasteiger partial charge in [-0.05, 0) is 44.0 Å². The molecule has 0 aliphatic heterocycles. The minimum Gasteiger partial charge on any atom is -0.397 e. The molecule has 0 spiro atoms. The van der Waals surface area contributed by atoms with Crippen molar-refractivity contribution in [2.45, 2.75) is 20.8 Å². The van der Waals surface area contributed by atoms with Crippen molar-refractivity contribution in [2.75, 3.05) is 5.73 Å². The van der Waals surface area contributed by atoms with Crippen LogP contribution in [0.3, 0.4) is 0 Å². The number of hydrogen-bond acceptors (Lipinski definition) is 2. The van der Waals surface area contributed by atoms with Crippen LogP contribution in [0.2, 0.25) is 0 Å². The molecule has 0 fully saturated rings. The molecule has 0 bridgehead atoms. The molecule has 2 heteroatoms. The number of anilines is 1. The highest BCUT2D eigenvalue weighted by Gasteiger charge is 2.10. The van der Waals surface area contributed by atoms with Gasteiger partial charge in [0.2, 0.25) is 0 Å². The molecule has 0 amide bonds. The Morgan fingerprint density at radius 1 is 1.06 bits per heavy atom. The maximum Gasteiger partial charge on any atom is 0.0936 e. The van der Waals surface area contributed by atoms with Crippen molar-refractivity contribution in [3.05, 3.63) is 47.2 Å². The largest absolute Gasteiger partial charge is 0.397 e. The normalized spacial score (nSPS) is 10.4. The predicted octanol–water partition coefficient (Wildman–Crippen LogP) is 3.26. The summed E-state index contributed by atoms with van der Waals surface area (Å²) in [5.41, 5.74) is 12.5. The third-order valence-electron chi connectivity index (χ3n) is 2.75. The molecule has 0 aliphatic carbocycles. The third kappa shape index (κ3) is 1.78. The zero-order valence-corrected chi connectivity index (χ0v) is 9.91. The van der Waals surface area contributed by atoms with Crippen molar-refractivity contribution in [3.8, 4) is 11.3 Å². The molecule has 1 aromatic carbocycles. The number of nitrogen functional groups attached to an aromatic ring is 1. The van der Waals surface area contributed by atoms with Crippen LogP contribution >= 0.6 is 0 Å². The number of aromatic nitrogens is 1. The summed E-state index contributed by atoms with van der Waals surface area (Å²) in [5.74, 6) is 0. The molecule has 1 heterocycles. The molecule has 1 aromatic heterocycles. The van der Waals surface area contributed by atoms with Gasteiger partial charge in [-0.2, -0.15) is 0 Å². The summed E-state index contributed by atoms with van der Waals surface area (Å²) in [6.45, 7) is 6.30. The molecule has 2 rings (SSSR count). The molecular weight excluding hydrogens is 196 g/mol. The zero-order valence-electron chi connectivity index (χ0n) is 9.91. The average Bonchev–Trinajstić information content (AvgIpc) is 2.19. The van der Waals surface area contributed by atoms with Crippen molar-refractivity contribution >= 4 is 5.69 Å². The quantitative estimate of drug-likeness (QED) is 0.788. The lowest BCUT2D eigenvalue weighted by Gasteiger charge is -2.12. The maximum atomic E-state index is 5.97. The molecule has 0 saturated heterocycles. The van der Waals surface area contributed by atoms with Gasteiger partial charge in [-0.1, -0.05) is 17.7 Å². The van der Waals surface area contributed by atoms with Gasteiger partial charge in [0.1, 0.15) is 0 Å². The number of hydrogen-bond donors (Lipinski definition) is 1. The lowest BCUT2D eigenvalue weighted by atomic mass is 9.96. The van der Waals surface area contributed by atoms with Crippen molar-refractivity contribution in [1.29, 1.82) is 0 Å². The number of benzene rings is 1. The second kappa shape index (κ2) is 3.97. The minimum absolute atomic E-state index is 0.734. The fraction of sp³-hybridized carbons (Fsp3) is 0.214. The fourth-order valence-corrected chi connectivity index (χ4v) is 2.18. The smallest absolute Gasteiger partial charge is 0.0936 e. The maximum absolute atomic E-state index is 5.97. The molecular formula is C14H16N2. The number of rotatable bonds is 1. The van der Waals surface area contributed by atoms with Crippen LogP contribution in [0, 0.1) is 20.8 Å². The van der Waals surface area contributed by atoms with Crippen LogP contribution in [0.15, 0.2) is 30.5 Å². The molecule has 2 aromatic rings. The van der Waals surface area contributed by atoms with Crippen LogP contribution in [-0.2, 0) is 0 Å². The van der Waals surface area contributed by atoms with Crippen molar-refractivity contribution in [3.63, 3.8) is 0 Å². The summed E-state index contributed by atoms with van der Waals surface area (Å²) >= 11 is 0. The molecule has 0 radical (unpaired) electrons. The molecule has 0 saturated carbocycles. The number of nitrogens with two attached hydrogens (primary N) is 1. The van der Waals surface area contributed by atoms with Crippen molar-refractivity contribution in [1.82, 2.24) is 4.98 Å². The van der Waals surface area contributed by atoms with Gasteiger partial charge < -0.3 is 5.73 Å². The van der Waals surface area contributed by atoms with Crippen molar-refractivity contribution < 1.29 is 0 Å². The Labute approximate surface area is 96.1 Å². The molecule has 0 aliphatic rings. The van der Waals surface area contributed by atoms with Crippen LogP contribution in [0.25, 0.3) is 11.3 Å². The van der Waals surface area contributed by atoms with Gasteiger partial charge in [-0.15, -0.1) is 0 Å². The third-order valence-corrected chi connectivity index (χ3v) is 2.75. The van der Waals surface area contributed by atoms with Gasteiger partial charge in [-0.3, -0.25) is 4.98 Å². The molecule has 16 heavy (non-hydrogen) atoms. The first-order valence-electron chi connectivity index (χ1n) is 5.38. The summed E-state index contributed by atoms with van der Waals surface area (Å²) in [6.07, 6.45) is 1.78. The van der Waals surface area contributed by atoms with Crippen LogP contribution < -0.4 is 5.73 Å². The molecule has 0 unspecified atom stereocenters. The van der Waals surface area contributed by atoms with E-state index in [4.69, 9.17) is 5.73 Å². The summed E-state index contributed by atoms with van der Waals surface area (Å²) in [7, 11) is 0. The SMILES string of the molecule is Cc1cc(C)c(-c2ncccc2N)c(C)c1. The topological polar surface area (TPSA) is 38.9 Å². The Hall–Kier alpha value is -1.83. The summed E-state index contributed by atoms with van der Waals surface area (Å²) < 4.78 is 0. The van der Waals surface area contributed by atoms with Gasteiger partial charge in [0.25, 0.3) is 0 Å². The van der Waals surface area contributed by atoms with E-state index >= 15 is 0 Å². The van der Waals surface area contributed by atoms with Crippen molar-refractivity contribution in [2.24, 2.45) is 0 Å². The van der Waals surface area contributed by atoms with E-state index in [1.807, 2.05) is 12.1 Å². The Balaban J connectivity index is 2.70. The summed E-state index contributed by atoms with van der Waals surface area (Å²) in [6, 6.07) is 8.08. The van der Waals surface area contributed by atoms with E-state index in [1.54, 1.807) is 6.20 Å². The highest BCUT2D eigenvalue weighted by Crippen LogP contribution is 2.30. The van der Waals surface area contributed by atoms with E-state index in [1.165, 1.54) is 16.7 Å². The first-order chi connectivity index (χ1) is 7.59. The Morgan fingerprint density at radius 3 is 2.25 bits per heavy atom. The number of aryl methyl sites for hydroxylation is 3. The van der Waals surface area contributed by atoms with E-state index in [0.29, 0.717) is 0 Å². The van der Waals surface area contributed by atoms with Crippen LogP contribution in [0.4, 0.5) is 5.69 Å².